The van der Waals surface area contributed by atoms with Crippen LogP contribution in [-0.4, -0.2) is 30.4 Å². The zero-order valence-electron chi connectivity index (χ0n) is 19.6. The summed E-state index contributed by atoms with van der Waals surface area (Å²) in [7, 11) is 0. The van der Waals surface area contributed by atoms with Crippen LogP contribution in [0.2, 0.25) is 0 Å². The molecule has 1 aromatic carbocycles. The highest BCUT2D eigenvalue weighted by Crippen LogP contribution is 2.33. The number of rotatable bonds is 8. The minimum Gasteiger partial charge on any atom is -0.490 e. The van der Waals surface area contributed by atoms with Gasteiger partial charge in [-0.05, 0) is 56.0 Å². The number of aromatic nitrogens is 1. The number of nitrogens with zero attached hydrogens (tertiary/aromatic N) is 2. The number of thiophene rings is 1. The highest BCUT2D eigenvalue weighted by Gasteiger charge is 2.33. The molecule has 7 nitrogen and oxygen atoms in total. The zero-order chi connectivity index (χ0) is 24.9. The molecule has 3 heterocycles. The summed E-state index contributed by atoms with van der Waals surface area (Å²) in [5.41, 5.74) is 1.46. The van der Waals surface area contributed by atoms with E-state index < -0.39 is 12.0 Å². The second kappa shape index (κ2) is 10.8. The van der Waals surface area contributed by atoms with Crippen molar-refractivity contribution in [1.82, 2.24) is 4.57 Å². The predicted molar refractivity (Wildman–Crippen MR) is 137 cm³/mol. The Bertz CT molecular complexity index is 1490. The molecule has 0 aliphatic carbocycles. The molecule has 35 heavy (non-hydrogen) atoms. The van der Waals surface area contributed by atoms with Crippen LogP contribution in [0.15, 0.2) is 56.8 Å². The molecule has 9 heteroatoms. The lowest BCUT2D eigenvalue weighted by Gasteiger charge is -2.23. The van der Waals surface area contributed by atoms with Gasteiger partial charge in [0.15, 0.2) is 16.3 Å². The molecule has 1 aliphatic heterocycles. The van der Waals surface area contributed by atoms with E-state index in [1.807, 2.05) is 30.5 Å². The third-order valence-corrected chi connectivity index (χ3v) is 7.11. The molecular formula is C26H24N2O5S2. The van der Waals surface area contributed by atoms with Crippen molar-refractivity contribution < 1.29 is 19.0 Å². The second-order valence-electron chi connectivity index (χ2n) is 7.45. The largest absolute Gasteiger partial charge is 0.490 e. The maximum atomic E-state index is 13.6. The van der Waals surface area contributed by atoms with Gasteiger partial charge < -0.3 is 14.2 Å². The number of fused-ring (bicyclic) bond motifs is 1. The molecule has 180 valence electrons. The minimum absolute atomic E-state index is 0.128. The summed E-state index contributed by atoms with van der Waals surface area (Å²) in [5, 5.41) is 1.92. The smallest absolute Gasteiger partial charge is 0.338 e. The molecule has 0 radical (unpaired) electrons. The van der Waals surface area contributed by atoms with E-state index >= 15 is 0 Å². The van der Waals surface area contributed by atoms with Crippen molar-refractivity contribution in [2.24, 2.45) is 4.99 Å². The number of ether oxygens (including phenoxy) is 3. The van der Waals surface area contributed by atoms with Crippen molar-refractivity contribution in [1.29, 1.82) is 0 Å². The van der Waals surface area contributed by atoms with Crippen LogP contribution in [0.5, 0.6) is 11.5 Å². The summed E-state index contributed by atoms with van der Waals surface area (Å²) >= 11 is 2.75. The van der Waals surface area contributed by atoms with E-state index in [2.05, 4.69) is 10.9 Å². The standard InChI is InChI=1S/C26H24N2O5S2/c1-5-12-33-18-11-10-17(14-19(18)31-6-2)15-21-24(29)28-23(20-9-8-13-34-20)22(25(30)32-7-3)16(4)27-26(28)35-21/h1,8-11,13-15,23H,6-7,12H2,2-4H3/b21-15-/t23-/m1/s1. The Morgan fingerprint density at radius 1 is 1.23 bits per heavy atom. The van der Waals surface area contributed by atoms with Gasteiger partial charge in [0, 0.05) is 4.88 Å². The lowest BCUT2D eigenvalue weighted by atomic mass is 10.0. The first kappa shape index (κ1) is 24.5. The van der Waals surface area contributed by atoms with Crippen molar-refractivity contribution in [2.45, 2.75) is 26.8 Å². The number of benzene rings is 1. The van der Waals surface area contributed by atoms with E-state index in [0.29, 0.717) is 38.7 Å². The Kier molecular flexibility index (Phi) is 7.54. The molecule has 0 fully saturated rings. The molecule has 0 N–H and O–H groups in total. The maximum Gasteiger partial charge on any atom is 0.338 e. The van der Waals surface area contributed by atoms with E-state index in [-0.39, 0.29) is 18.8 Å². The average molecular weight is 509 g/mol. The van der Waals surface area contributed by atoms with E-state index in [1.54, 1.807) is 36.6 Å². The summed E-state index contributed by atoms with van der Waals surface area (Å²) in [6.07, 6.45) is 7.08. The third kappa shape index (κ3) is 4.94. The fraction of sp³-hybridized carbons (Fsp3) is 0.269. The zero-order valence-corrected chi connectivity index (χ0v) is 21.2. The Morgan fingerprint density at radius 3 is 2.74 bits per heavy atom. The van der Waals surface area contributed by atoms with Gasteiger partial charge in [0.25, 0.3) is 5.56 Å². The molecule has 1 atom stereocenters. The lowest BCUT2D eigenvalue weighted by Crippen LogP contribution is -2.39. The molecule has 0 spiro atoms. The van der Waals surface area contributed by atoms with Gasteiger partial charge in [-0.1, -0.05) is 29.4 Å². The Balaban J connectivity index is 1.84. The van der Waals surface area contributed by atoms with Crippen LogP contribution in [0.1, 0.15) is 37.3 Å². The van der Waals surface area contributed by atoms with E-state index in [9.17, 15) is 9.59 Å². The predicted octanol–water partition coefficient (Wildman–Crippen LogP) is 3.27. The minimum atomic E-state index is -0.592. The lowest BCUT2D eigenvalue weighted by molar-refractivity contribution is -0.139. The van der Waals surface area contributed by atoms with E-state index in [0.717, 1.165) is 10.4 Å². The molecule has 0 saturated heterocycles. The third-order valence-electron chi connectivity index (χ3n) is 5.21. The second-order valence-corrected chi connectivity index (χ2v) is 9.44. The fourth-order valence-electron chi connectivity index (χ4n) is 3.78. The van der Waals surface area contributed by atoms with Crippen LogP contribution in [-0.2, 0) is 9.53 Å². The van der Waals surface area contributed by atoms with Gasteiger partial charge >= 0.3 is 5.97 Å². The first-order valence-corrected chi connectivity index (χ1v) is 12.7. The van der Waals surface area contributed by atoms with Crippen molar-refractivity contribution >= 4 is 34.7 Å². The van der Waals surface area contributed by atoms with Gasteiger partial charge in [-0.2, -0.15) is 0 Å². The molecular weight excluding hydrogens is 484 g/mol. The number of allylic oxidation sites excluding steroid dienone is 1. The first-order valence-electron chi connectivity index (χ1n) is 11.0. The molecule has 1 aliphatic rings. The van der Waals surface area contributed by atoms with Crippen molar-refractivity contribution in [3.8, 4) is 23.8 Å². The topological polar surface area (TPSA) is 79.1 Å². The van der Waals surface area contributed by atoms with Crippen LogP contribution in [0.4, 0.5) is 0 Å². The number of hydrogen-bond acceptors (Lipinski definition) is 8. The maximum absolute atomic E-state index is 13.6. The Hall–Kier alpha value is -3.61. The SMILES string of the molecule is C#CCOc1ccc(/C=c2\sc3n(c2=O)[C@H](c2cccs2)C(C(=O)OCC)=C(C)N=3)cc1OCC. The van der Waals surface area contributed by atoms with Crippen molar-refractivity contribution in [3.63, 3.8) is 0 Å². The van der Waals surface area contributed by atoms with Gasteiger partial charge in [-0.25, -0.2) is 9.79 Å². The summed E-state index contributed by atoms with van der Waals surface area (Å²) in [4.78, 5) is 32.4. The quantitative estimate of drug-likeness (QED) is 0.345. The monoisotopic (exact) mass is 508 g/mol. The van der Waals surface area contributed by atoms with Crippen molar-refractivity contribution in [2.75, 3.05) is 19.8 Å². The number of carbonyl (C=O) groups is 1. The Morgan fingerprint density at radius 2 is 2.06 bits per heavy atom. The summed E-state index contributed by atoms with van der Waals surface area (Å²) in [6, 6.07) is 8.62. The van der Waals surface area contributed by atoms with E-state index in [1.165, 1.54) is 22.7 Å². The highest BCUT2D eigenvalue weighted by molar-refractivity contribution is 7.10. The number of esters is 1. The van der Waals surface area contributed by atoms with Gasteiger partial charge in [0.1, 0.15) is 12.6 Å². The van der Waals surface area contributed by atoms with Gasteiger partial charge in [0.05, 0.1) is 29.0 Å². The normalized spacial score (nSPS) is 15.3. The number of carbonyl (C=O) groups excluding carboxylic acids is 1. The first-order chi connectivity index (χ1) is 17.0. The summed E-state index contributed by atoms with van der Waals surface area (Å²) in [6.45, 7) is 6.22. The summed E-state index contributed by atoms with van der Waals surface area (Å²) < 4.78 is 18.6. The van der Waals surface area contributed by atoms with Crippen LogP contribution < -0.4 is 24.4 Å². The number of terminal acetylenes is 1. The van der Waals surface area contributed by atoms with Crippen LogP contribution in [0.25, 0.3) is 6.08 Å². The molecule has 0 unspecified atom stereocenters. The van der Waals surface area contributed by atoms with Gasteiger partial charge in [-0.15, -0.1) is 17.8 Å². The van der Waals surface area contributed by atoms with Crippen LogP contribution in [0, 0.1) is 12.3 Å². The summed E-state index contributed by atoms with van der Waals surface area (Å²) in [5.74, 6) is 3.05. The highest BCUT2D eigenvalue weighted by atomic mass is 32.1. The Labute approximate surface area is 210 Å². The fourth-order valence-corrected chi connectivity index (χ4v) is 5.65. The molecule has 3 aromatic rings. The molecule has 4 rings (SSSR count). The van der Waals surface area contributed by atoms with Gasteiger partial charge in [0.2, 0.25) is 0 Å². The number of hydrogen-bond donors (Lipinski definition) is 0. The average Bonchev–Trinajstić information content (AvgIpc) is 3.47. The molecule has 0 amide bonds. The molecule has 0 saturated carbocycles. The van der Waals surface area contributed by atoms with Crippen LogP contribution >= 0.6 is 22.7 Å². The van der Waals surface area contributed by atoms with Gasteiger partial charge in [-0.3, -0.25) is 9.36 Å². The van der Waals surface area contributed by atoms with Crippen LogP contribution in [0.3, 0.4) is 0 Å². The number of thiazole rings is 1. The van der Waals surface area contributed by atoms with E-state index in [4.69, 9.17) is 20.6 Å². The van der Waals surface area contributed by atoms with Crippen molar-refractivity contribution in [3.05, 3.63) is 77.1 Å². The molecule has 2 aromatic heterocycles. The molecule has 0 bridgehead atoms.